The van der Waals surface area contributed by atoms with Crippen molar-refractivity contribution in [3.05, 3.63) is 60.7 Å². The number of benzene rings is 2. The molecule has 3 rings (SSSR count). The molecule has 2 atom stereocenters. The Morgan fingerprint density at radius 2 is 1.52 bits per heavy atom. The lowest BCUT2D eigenvalue weighted by atomic mass is 10.2. The molecule has 2 aromatic rings. The van der Waals surface area contributed by atoms with Crippen molar-refractivity contribution in [1.82, 2.24) is 4.31 Å². The van der Waals surface area contributed by atoms with Crippen LogP contribution in [-0.2, 0) is 14.6 Å². The van der Waals surface area contributed by atoms with Crippen LogP contribution in [0.25, 0.3) is 0 Å². The van der Waals surface area contributed by atoms with Crippen LogP contribution in [0.2, 0.25) is 0 Å². The quantitative estimate of drug-likeness (QED) is 0.797. The predicted molar refractivity (Wildman–Crippen MR) is 101 cm³/mol. The van der Waals surface area contributed by atoms with E-state index < -0.39 is 23.2 Å². The molecule has 134 valence electrons. The Morgan fingerprint density at radius 1 is 1.04 bits per heavy atom. The van der Waals surface area contributed by atoms with Crippen LogP contribution in [0.1, 0.15) is 6.42 Å². The van der Waals surface area contributed by atoms with Gasteiger partial charge in [-0.05, 0) is 6.42 Å². The molecule has 1 N–H and O–H groups in total. The van der Waals surface area contributed by atoms with E-state index in [1.165, 1.54) is 4.31 Å². The first-order chi connectivity index (χ1) is 11.9. The summed E-state index contributed by atoms with van der Waals surface area (Å²) in [5.41, 5.74) is -0.357. The Kier molecular flexibility index (Phi) is 5.16. The molecule has 0 unspecified atom stereocenters. The first-order valence-corrected chi connectivity index (χ1v) is 11.8. The topological polar surface area (TPSA) is 74.7 Å². The summed E-state index contributed by atoms with van der Waals surface area (Å²) in [7, 11) is -6.52. The maximum atomic E-state index is 14.2. The summed E-state index contributed by atoms with van der Waals surface area (Å²) in [5, 5.41) is 11.1. The van der Waals surface area contributed by atoms with E-state index in [2.05, 4.69) is 0 Å². The van der Waals surface area contributed by atoms with Crippen molar-refractivity contribution < 1.29 is 18.1 Å². The van der Waals surface area contributed by atoms with Gasteiger partial charge in [0.15, 0.2) is 0 Å². The number of aliphatic hydroxyl groups is 1. The second-order valence-corrected chi connectivity index (χ2v) is 11.4. The Labute approximate surface area is 148 Å². The van der Waals surface area contributed by atoms with Gasteiger partial charge in [-0.2, -0.15) is 4.31 Å². The summed E-state index contributed by atoms with van der Waals surface area (Å²) in [6.07, 6.45) is 1.51. The van der Waals surface area contributed by atoms with Crippen LogP contribution in [0.5, 0.6) is 0 Å². The summed E-state index contributed by atoms with van der Waals surface area (Å²) in [6, 6.07) is 17.9. The fourth-order valence-electron chi connectivity index (χ4n) is 3.57. The lowest BCUT2D eigenvalue weighted by molar-refractivity contribution is 0.214. The van der Waals surface area contributed by atoms with Gasteiger partial charge in [0.1, 0.15) is 7.14 Å². The number of hydrogen-bond acceptors (Lipinski definition) is 4. The Morgan fingerprint density at radius 3 is 1.88 bits per heavy atom. The van der Waals surface area contributed by atoms with Crippen molar-refractivity contribution in [3.8, 4) is 0 Å². The zero-order chi connectivity index (χ0) is 18.1. The summed E-state index contributed by atoms with van der Waals surface area (Å²) in [6.45, 7) is -0.113. The molecule has 0 spiro atoms. The van der Waals surface area contributed by atoms with Crippen molar-refractivity contribution in [2.45, 2.75) is 18.1 Å². The molecule has 7 heteroatoms. The number of sulfonamides is 1. The van der Waals surface area contributed by atoms with E-state index in [0.717, 1.165) is 16.9 Å². The molecule has 1 fully saturated rings. The Hall–Kier alpha value is -1.46. The van der Waals surface area contributed by atoms with Crippen LogP contribution in [0.15, 0.2) is 60.7 Å². The van der Waals surface area contributed by atoms with Crippen molar-refractivity contribution >= 4 is 27.8 Å². The zero-order valence-electron chi connectivity index (χ0n) is 14.0. The largest absolute Gasteiger partial charge is 0.395 e. The Bertz CT molecular complexity index is 827. The molecule has 0 amide bonds. The Balaban J connectivity index is 2.10. The fourth-order valence-corrected chi connectivity index (χ4v) is 8.14. The maximum Gasteiger partial charge on any atom is 0.211 e. The molecule has 25 heavy (non-hydrogen) atoms. The van der Waals surface area contributed by atoms with Gasteiger partial charge in [-0.15, -0.1) is 0 Å². The van der Waals surface area contributed by atoms with Crippen LogP contribution in [0, 0.1) is 0 Å². The van der Waals surface area contributed by atoms with E-state index in [1.807, 2.05) is 60.7 Å². The molecule has 0 aromatic heterocycles. The highest BCUT2D eigenvalue weighted by Crippen LogP contribution is 2.53. The minimum atomic E-state index is -3.47. The third kappa shape index (κ3) is 3.44. The van der Waals surface area contributed by atoms with E-state index in [4.69, 9.17) is 0 Å². The van der Waals surface area contributed by atoms with Crippen LogP contribution in [-0.4, -0.2) is 48.9 Å². The van der Waals surface area contributed by atoms with Gasteiger partial charge < -0.3 is 9.67 Å². The van der Waals surface area contributed by atoms with Gasteiger partial charge in [0.05, 0.1) is 12.9 Å². The number of rotatable bonds is 5. The summed E-state index contributed by atoms with van der Waals surface area (Å²) in [4.78, 5) is 0. The smallest absolute Gasteiger partial charge is 0.211 e. The van der Waals surface area contributed by atoms with Crippen LogP contribution in [0.4, 0.5) is 0 Å². The predicted octanol–water partition coefficient (Wildman–Crippen LogP) is 1.40. The average Bonchev–Trinajstić information content (AvgIpc) is 3.08. The number of hydrogen-bond donors (Lipinski definition) is 1. The fraction of sp³-hybridized carbons (Fsp3) is 0.333. The average molecular weight is 379 g/mol. The van der Waals surface area contributed by atoms with E-state index in [1.54, 1.807) is 0 Å². The van der Waals surface area contributed by atoms with Crippen molar-refractivity contribution in [1.29, 1.82) is 0 Å². The van der Waals surface area contributed by atoms with Gasteiger partial charge in [-0.3, -0.25) is 0 Å². The summed E-state index contributed by atoms with van der Waals surface area (Å²) < 4.78 is 39.7. The van der Waals surface area contributed by atoms with Gasteiger partial charge in [0.2, 0.25) is 10.0 Å². The molecule has 1 heterocycles. The molecule has 0 saturated carbocycles. The normalized spacial score (nSPS) is 22.2. The van der Waals surface area contributed by atoms with Crippen molar-refractivity contribution in [2.24, 2.45) is 0 Å². The van der Waals surface area contributed by atoms with Gasteiger partial charge in [-0.25, -0.2) is 8.42 Å². The minimum Gasteiger partial charge on any atom is -0.395 e. The molecule has 0 aliphatic carbocycles. The molecule has 1 saturated heterocycles. The summed E-state index contributed by atoms with van der Waals surface area (Å²) >= 11 is 0. The van der Waals surface area contributed by atoms with E-state index >= 15 is 0 Å². The third-order valence-corrected chi connectivity index (χ3v) is 9.60. The number of nitrogens with zero attached hydrogens (tertiary/aromatic N) is 1. The zero-order valence-corrected chi connectivity index (χ0v) is 15.7. The van der Waals surface area contributed by atoms with Crippen LogP contribution >= 0.6 is 7.14 Å². The lowest BCUT2D eigenvalue weighted by Crippen LogP contribution is -2.37. The standard InChI is InChI=1S/C18H22NO4PS/c1-25(22,23)19-13-18(12-15(19)14-20)24(21,16-8-4-2-5-9-16)17-10-6-3-7-11-17/h2-11,15,18,20H,12-14H2,1H3/t15-,18-/m0/s1. The highest BCUT2D eigenvalue weighted by atomic mass is 32.2. The monoisotopic (exact) mass is 379 g/mol. The second kappa shape index (κ2) is 7.04. The van der Waals surface area contributed by atoms with E-state index in [9.17, 15) is 18.1 Å². The van der Waals surface area contributed by atoms with E-state index in [-0.39, 0.29) is 18.8 Å². The molecule has 5 nitrogen and oxygen atoms in total. The van der Waals surface area contributed by atoms with Gasteiger partial charge >= 0.3 is 0 Å². The first-order valence-electron chi connectivity index (χ1n) is 8.16. The van der Waals surface area contributed by atoms with Crippen LogP contribution in [0.3, 0.4) is 0 Å². The lowest BCUT2D eigenvalue weighted by Gasteiger charge is -2.25. The van der Waals surface area contributed by atoms with Gasteiger partial charge in [0, 0.05) is 28.9 Å². The van der Waals surface area contributed by atoms with Gasteiger partial charge in [-0.1, -0.05) is 60.7 Å². The van der Waals surface area contributed by atoms with E-state index in [0.29, 0.717) is 6.42 Å². The molecule has 0 radical (unpaired) electrons. The molecule has 2 aromatic carbocycles. The maximum absolute atomic E-state index is 14.2. The molecule has 0 bridgehead atoms. The molecule has 1 aliphatic rings. The molecular formula is C18H22NO4PS. The minimum absolute atomic E-state index is 0.158. The third-order valence-electron chi connectivity index (χ3n) is 4.77. The highest BCUT2D eigenvalue weighted by Gasteiger charge is 2.46. The summed E-state index contributed by atoms with van der Waals surface area (Å²) in [5.74, 6) is 0. The van der Waals surface area contributed by atoms with Crippen molar-refractivity contribution in [3.63, 3.8) is 0 Å². The highest BCUT2D eigenvalue weighted by molar-refractivity contribution is 7.88. The number of aliphatic hydroxyl groups excluding tert-OH is 1. The first kappa shape index (κ1) is 18.3. The molecular weight excluding hydrogens is 357 g/mol. The second-order valence-electron chi connectivity index (χ2n) is 6.39. The molecule has 1 aliphatic heterocycles. The SMILES string of the molecule is CS(=O)(=O)N1C[C@@H](P(=O)(c2ccccc2)c2ccccc2)C[C@H]1CO. The van der Waals surface area contributed by atoms with Gasteiger partial charge in [0.25, 0.3) is 0 Å². The van der Waals surface area contributed by atoms with Crippen molar-refractivity contribution in [2.75, 3.05) is 19.4 Å². The van der Waals surface area contributed by atoms with Crippen LogP contribution < -0.4 is 10.6 Å².